The van der Waals surface area contributed by atoms with Crippen molar-refractivity contribution in [2.45, 2.75) is 39.7 Å². The highest BCUT2D eigenvalue weighted by atomic mass is 16.4. The van der Waals surface area contributed by atoms with Crippen LogP contribution in [0.4, 0.5) is 4.79 Å². The third kappa shape index (κ3) is 5.85. The van der Waals surface area contributed by atoms with Crippen molar-refractivity contribution in [1.82, 2.24) is 10.2 Å². The normalized spacial score (nSPS) is 11.8. The van der Waals surface area contributed by atoms with Crippen LogP contribution in [0.2, 0.25) is 0 Å². The number of nitrogens with zero attached hydrogens (tertiary/aromatic N) is 1. The number of amides is 2. The molecule has 2 amide bonds. The fourth-order valence-electron chi connectivity index (χ4n) is 2.30. The minimum absolute atomic E-state index is 0.0425. The summed E-state index contributed by atoms with van der Waals surface area (Å²) < 4.78 is 0. The smallest absolute Gasteiger partial charge is 0.317 e. The van der Waals surface area contributed by atoms with Crippen LogP contribution >= 0.6 is 0 Å². The van der Waals surface area contributed by atoms with E-state index in [2.05, 4.69) is 11.4 Å². The van der Waals surface area contributed by atoms with Gasteiger partial charge in [0.05, 0.1) is 6.42 Å². The summed E-state index contributed by atoms with van der Waals surface area (Å²) in [4.78, 5) is 24.3. The molecule has 0 bridgehead atoms. The van der Waals surface area contributed by atoms with Crippen molar-refractivity contribution >= 4 is 12.0 Å². The maximum Gasteiger partial charge on any atom is 0.317 e. The van der Waals surface area contributed by atoms with Crippen LogP contribution in [-0.4, -0.2) is 41.1 Å². The molecule has 116 valence electrons. The Balaban J connectivity index is 2.45. The molecule has 0 aliphatic rings. The second-order valence-corrected chi connectivity index (χ2v) is 5.20. The Labute approximate surface area is 126 Å². The first-order valence-electron chi connectivity index (χ1n) is 7.25. The third-order valence-corrected chi connectivity index (χ3v) is 3.38. The van der Waals surface area contributed by atoms with Gasteiger partial charge in [-0.25, -0.2) is 4.79 Å². The number of carbonyl (C=O) groups is 2. The molecule has 5 heteroatoms. The fraction of sp³-hybridized carbons (Fsp3) is 0.500. The molecule has 0 aliphatic heterocycles. The van der Waals surface area contributed by atoms with E-state index in [4.69, 9.17) is 5.11 Å². The van der Waals surface area contributed by atoms with Gasteiger partial charge in [0.15, 0.2) is 0 Å². The van der Waals surface area contributed by atoms with Gasteiger partial charge >= 0.3 is 12.0 Å². The van der Waals surface area contributed by atoms with Crippen molar-refractivity contribution in [2.75, 3.05) is 13.1 Å². The van der Waals surface area contributed by atoms with Crippen LogP contribution in [0.1, 0.15) is 31.4 Å². The zero-order valence-corrected chi connectivity index (χ0v) is 12.9. The van der Waals surface area contributed by atoms with Crippen LogP contribution in [0, 0.1) is 6.92 Å². The highest BCUT2D eigenvalue weighted by molar-refractivity contribution is 5.75. The molecule has 0 saturated carbocycles. The first-order valence-corrected chi connectivity index (χ1v) is 7.25. The molecule has 0 fully saturated rings. The van der Waals surface area contributed by atoms with Crippen LogP contribution in [0.5, 0.6) is 0 Å². The van der Waals surface area contributed by atoms with Crippen molar-refractivity contribution in [1.29, 1.82) is 0 Å². The summed E-state index contributed by atoms with van der Waals surface area (Å²) in [5.74, 6) is -0.895. The summed E-state index contributed by atoms with van der Waals surface area (Å²) in [6.45, 7) is 6.66. The molecule has 0 aliphatic carbocycles. The third-order valence-electron chi connectivity index (χ3n) is 3.38. The molecule has 0 radical (unpaired) electrons. The molecule has 5 nitrogen and oxygen atoms in total. The summed E-state index contributed by atoms with van der Waals surface area (Å²) in [6, 6.07) is 7.64. The van der Waals surface area contributed by atoms with Crippen LogP contribution in [-0.2, 0) is 11.2 Å². The Hall–Kier alpha value is -2.04. The number of benzene rings is 1. The van der Waals surface area contributed by atoms with Gasteiger partial charge in [-0.1, -0.05) is 29.8 Å². The van der Waals surface area contributed by atoms with E-state index in [1.807, 2.05) is 32.0 Å². The van der Waals surface area contributed by atoms with Crippen LogP contribution in [0.25, 0.3) is 0 Å². The quantitative estimate of drug-likeness (QED) is 0.811. The highest BCUT2D eigenvalue weighted by Gasteiger charge is 2.20. The van der Waals surface area contributed by atoms with E-state index in [0.717, 1.165) is 6.42 Å². The molecule has 1 aromatic rings. The van der Waals surface area contributed by atoms with E-state index in [-0.39, 0.29) is 18.5 Å². The lowest BCUT2D eigenvalue weighted by Crippen LogP contribution is -2.46. The van der Waals surface area contributed by atoms with E-state index in [1.165, 1.54) is 11.1 Å². The number of aryl methyl sites for hydroxylation is 1. The maximum atomic E-state index is 12.1. The summed E-state index contributed by atoms with van der Waals surface area (Å²) in [5, 5.41) is 11.7. The number of carbonyl (C=O) groups excluding carboxylic acids is 1. The molecule has 1 atom stereocenters. The number of carboxylic acids is 1. The largest absolute Gasteiger partial charge is 0.481 e. The minimum Gasteiger partial charge on any atom is -0.481 e. The summed E-state index contributed by atoms with van der Waals surface area (Å²) in [6.07, 6.45) is 0.720. The van der Waals surface area contributed by atoms with Crippen molar-refractivity contribution in [2.24, 2.45) is 0 Å². The number of hydrogen-bond acceptors (Lipinski definition) is 2. The van der Waals surface area contributed by atoms with Crippen molar-refractivity contribution in [3.05, 3.63) is 35.4 Å². The van der Waals surface area contributed by atoms with Crippen LogP contribution in [0.15, 0.2) is 24.3 Å². The zero-order chi connectivity index (χ0) is 15.8. The average molecular weight is 292 g/mol. The molecule has 1 aromatic carbocycles. The second-order valence-electron chi connectivity index (χ2n) is 5.20. The van der Waals surface area contributed by atoms with E-state index in [9.17, 15) is 9.59 Å². The lowest BCUT2D eigenvalue weighted by atomic mass is 10.1. The number of nitrogens with one attached hydrogen (secondary N) is 1. The molecule has 0 aromatic heterocycles. The van der Waals surface area contributed by atoms with Gasteiger partial charge in [-0.3, -0.25) is 4.79 Å². The Morgan fingerprint density at radius 2 is 2.10 bits per heavy atom. The summed E-state index contributed by atoms with van der Waals surface area (Å²) in [7, 11) is 0. The molecule has 2 N–H and O–H groups in total. The molecule has 0 spiro atoms. The SMILES string of the molecule is CCN(C(=O)NCCc1cccc(C)c1)C(C)CC(=O)O. The zero-order valence-electron chi connectivity index (χ0n) is 12.9. The van der Waals surface area contributed by atoms with Gasteiger partial charge < -0.3 is 15.3 Å². The monoisotopic (exact) mass is 292 g/mol. The molecule has 21 heavy (non-hydrogen) atoms. The maximum absolute atomic E-state index is 12.1. The van der Waals surface area contributed by atoms with Crippen molar-refractivity contribution < 1.29 is 14.7 Å². The van der Waals surface area contributed by atoms with Gasteiger partial charge in [0, 0.05) is 19.1 Å². The van der Waals surface area contributed by atoms with Gasteiger partial charge in [0.1, 0.15) is 0 Å². The Morgan fingerprint density at radius 3 is 2.67 bits per heavy atom. The van der Waals surface area contributed by atoms with Gasteiger partial charge in [-0.2, -0.15) is 0 Å². The van der Waals surface area contributed by atoms with Crippen molar-refractivity contribution in [3.8, 4) is 0 Å². The standard InChI is InChI=1S/C16H24N2O3/c1-4-18(13(3)11-15(19)20)16(21)17-9-8-14-7-5-6-12(2)10-14/h5-7,10,13H,4,8-9,11H2,1-3H3,(H,17,21)(H,19,20). The summed E-state index contributed by atoms with van der Waals surface area (Å²) >= 11 is 0. The lowest BCUT2D eigenvalue weighted by molar-refractivity contribution is -0.138. The van der Waals surface area contributed by atoms with E-state index in [0.29, 0.717) is 13.1 Å². The average Bonchev–Trinajstić information content (AvgIpc) is 2.38. The predicted octanol–water partition coefficient (Wildman–Crippen LogP) is 2.43. The number of carboxylic acid groups (broad SMARTS) is 1. The second kappa shape index (κ2) is 8.29. The van der Waals surface area contributed by atoms with Crippen molar-refractivity contribution in [3.63, 3.8) is 0 Å². The number of urea groups is 1. The van der Waals surface area contributed by atoms with Gasteiger partial charge in [-0.05, 0) is 32.8 Å². The Morgan fingerprint density at radius 1 is 1.38 bits per heavy atom. The van der Waals surface area contributed by atoms with Gasteiger partial charge in [0.25, 0.3) is 0 Å². The predicted molar refractivity (Wildman–Crippen MR) is 82.4 cm³/mol. The Bertz CT molecular complexity index is 488. The fourth-order valence-corrected chi connectivity index (χ4v) is 2.30. The van der Waals surface area contributed by atoms with Crippen LogP contribution < -0.4 is 5.32 Å². The first-order chi connectivity index (χ1) is 9.93. The summed E-state index contributed by atoms with van der Waals surface area (Å²) in [5.41, 5.74) is 2.38. The van der Waals surface area contributed by atoms with E-state index < -0.39 is 5.97 Å². The molecular weight excluding hydrogens is 268 g/mol. The van der Waals surface area contributed by atoms with Gasteiger partial charge in [-0.15, -0.1) is 0 Å². The van der Waals surface area contributed by atoms with Gasteiger partial charge in [0.2, 0.25) is 0 Å². The molecule has 1 rings (SSSR count). The Kier molecular flexibility index (Phi) is 6.72. The first kappa shape index (κ1) is 17.0. The molecule has 1 unspecified atom stereocenters. The molecule has 0 heterocycles. The topological polar surface area (TPSA) is 69.6 Å². The molecular formula is C16H24N2O3. The number of hydrogen-bond donors (Lipinski definition) is 2. The van der Waals surface area contributed by atoms with Crippen LogP contribution in [0.3, 0.4) is 0 Å². The highest BCUT2D eigenvalue weighted by Crippen LogP contribution is 2.06. The lowest BCUT2D eigenvalue weighted by Gasteiger charge is -2.27. The minimum atomic E-state index is -0.895. The van der Waals surface area contributed by atoms with E-state index >= 15 is 0 Å². The van der Waals surface area contributed by atoms with E-state index in [1.54, 1.807) is 11.8 Å². The molecule has 0 saturated heterocycles. The number of rotatable bonds is 7. The number of aliphatic carboxylic acids is 1.